The second kappa shape index (κ2) is 8.32. The van der Waals surface area contributed by atoms with Crippen LogP contribution < -0.4 is 5.32 Å². The smallest absolute Gasteiger partial charge is 0.352 e. The van der Waals surface area contributed by atoms with E-state index in [0.717, 1.165) is 24.2 Å². The lowest BCUT2D eigenvalue weighted by Crippen LogP contribution is -2.70. The van der Waals surface area contributed by atoms with Gasteiger partial charge in [0.15, 0.2) is 0 Å². The Morgan fingerprint density at radius 3 is 2.76 bits per heavy atom. The molecule has 0 aromatic heterocycles. The molecule has 0 saturated carbocycles. The van der Waals surface area contributed by atoms with E-state index in [1.165, 1.54) is 16.7 Å². The van der Waals surface area contributed by atoms with Gasteiger partial charge in [0.1, 0.15) is 17.1 Å². The highest BCUT2D eigenvalue weighted by Gasteiger charge is 2.54. The fraction of sp³-hybridized carbons (Fsp3) is 0.381. The molecule has 1 aromatic rings. The predicted molar refractivity (Wildman–Crippen MR) is 108 cm³/mol. The predicted octanol–water partition coefficient (Wildman–Crippen LogP) is 2.05. The number of aliphatic carboxylic acids is 1. The summed E-state index contributed by atoms with van der Waals surface area (Å²) in [6, 6.07) is 8.59. The van der Waals surface area contributed by atoms with Crippen molar-refractivity contribution in [1.82, 2.24) is 10.2 Å². The Balaban J connectivity index is 1.45. The van der Waals surface area contributed by atoms with Crippen LogP contribution in [-0.4, -0.2) is 51.6 Å². The molecule has 152 valence electrons. The van der Waals surface area contributed by atoms with Crippen molar-refractivity contribution in [1.29, 1.82) is 0 Å². The summed E-state index contributed by atoms with van der Waals surface area (Å²) in [7, 11) is 0. The number of carbonyl (C=O) groups is 3. The first-order valence-corrected chi connectivity index (χ1v) is 10.6. The molecule has 2 N–H and O–H groups in total. The Morgan fingerprint density at radius 1 is 1.28 bits per heavy atom. The van der Waals surface area contributed by atoms with E-state index < -0.39 is 17.4 Å². The van der Waals surface area contributed by atoms with Crippen molar-refractivity contribution in [3.63, 3.8) is 0 Å². The number of carbonyl (C=O) groups excluding carboxylic acids is 2. The molecule has 3 aliphatic rings. The monoisotopic (exact) mass is 414 g/mol. The van der Waals surface area contributed by atoms with Gasteiger partial charge in [-0.15, -0.1) is 11.8 Å². The minimum Gasteiger partial charge on any atom is -0.498 e. The summed E-state index contributed by atoms with van der Waals surface area (Å²) >= 11 is 1.48. The van der Waals surface area contributed by atoms with Gasteiger partial charge >= 0.3 is 5.97 Å². The molecule has 0 aliphatic carbocycles. The third-order valence-corrected chi connectivity index (χ3v) is 6.51. The van der Waals surface area contributed by atoms with Crippen molar-refractivity contribution in [2.24, 2.45) is 0 Å². The molecule has 1 saturated heterocycles. The quantitative estimate of drug-likeness (QED) is 0.692. The number of β-lactam (4-membered cyclic amide) rings is 1. The number of hydrogen-bond acceptors (Lipinski definition) is 5. The summed E-state index contributed by atoms with van der Waals surface area (Å²) in [5.74, 6) is -0.491. The van der Waals surface area contributed by atoms with Crippen LogP contribution in [0.3, 0.4) is 0 Å². The zero-order valence-electron chi connectivity index (χ0n) is 15.8. The van der Waals surface area contributed by atoms with Gasteiger partial charge in [-0.05, 0) is 30.1 Å². The van der Waals surface area contributed by atoms with Gasteiger partial charge in [-0.1, -0.05) is 30.3 Å². The Bertz CT molecular complexity index is 896. The molecule has 2 amide bonds. The lowest BCUT2D eigenvalue weighted by atomic mass is 10.00. The SMILES string of the molecule is O=C(Cc1ccccc1)N[C@@H]1C(=O)N2C(C(=O)O)=C(CC3=CCCCO3)CS[C@H]12. The van der Waals surface area contributed by atoms with Gasteiger partial charge in [0.2, 0.25) is 5.91 Å². The maximum Gasteiger partial charge on any atom is 0.352 e. The van der Waals surface area contributed by atoms with Crippen molar-refractivity contribution in [3.8, 4) is 0 Å². The van der Waals surface area contributed by atoms with E-state index in [0.29, 0.717) is 24.4 Å². The Kier molecular flexibility index (Phi) is 5.62. The van der Waals surface area contributed by atoms with Crippen molar-refractivity contribution >= 4 is 29.5 Å². The van der Waals surface area contributed by atoms with Crippen molar-refractivity contribution in [2.45, 2.75) is 37.1 Å². The summed E-state index contributed by atoms with van der Waals surface area (Å²) in [5, 5.41) is 12.1. The van der Waals surface area contributed by atoms with E-state index in [9.17, 15) is 19.5 Å². The molecule has 29 heavy (non-hydrogen) atoms. The summed E-state index contributed by atoms with van der Waals surface area (Å²) in [6.07, 6.45) is 4.44. The van der Waals surface area contributed by atoms with E-state index >= 15 is 0 Å². The molecule has 0 bridgehead atoms. The number of fused-ring (bicyclic) bond motifs is 1. The number of carboxylic acid groups (broad SMARTS) is 1. The van der Waals surface area contributed by atoms with Gasteiger partial charge in [-0.25, -0.2) is 4.79 Å². The average molecular weight is 414 g/mol. The number of allylic oxidation sites excluding steroid dienone is 2. The largest absolute Gasteiger partial charge is 0.498 e. The topological polar surface area (TPSA) is 95.9 Å². The molecule has 1 aromatic carbocycles. The molecule has 8 heteroatoms. The lowest BCUT2D eigenvalue weighted by Gasteiger charge is -2.49. The van der Waals surface area contributed by atoms with Crippen LogP contribution in [0.2, 0.25) is 0 Å². The van der Waals surface area contributed by atoms with Crippen molar-refractivity contribution in [3.05, 3.63) is 59.0 Å². The van der Waals surface area contributed by atoms with Crippen molar-refractivity contribution < 1.29 is 24.2 Å². The number of carboxylic acids is 1. The molecule has 3 heterocycles. The molecular weight excluding hydrogens is 392 g/mol. The number of benzene rings is 1. The first-order valence-electron chi connectivity index (χ1n) is 9.59. The third kappa shape index (κ3) is 4.03. The Hall–Kier alpha value is -2.74. The minimum atomic E-state index is -1.12. The minimum absolute atomic E-state index is 0.0300. The fourth-order valence-electron chi connectivity index (χ4n) is 3.77. The van der Waals surface area contributed by atoms with E-state index in [1.807, 2.05) is 36.4 Å². The zero-order chi connectivity index (χ0) is 20.4. The molecule has 0 radical (unpaired) electrons. The summed E-state index contributed by atoms with van der Waals surface area (Å²) in [4.78, 5) is 38.2. The van der Waals surface area contributed by atoms with Crippen LogP contribution in [0, 0.1) is 0 Å². The second-order valence-electron chi connectivity index (χ2n) is 7.21. The molecule has 0 spiro atoms. The molecule has 0 unspecified atom stereocenters. The standard InChI is InChI=1S/C21H22N2O5S/c24-16(10-13-6-2-1-3-7-13)22-17-19(25)23-18(21(26)27)14(12-29-20(17)23)11-15-8-4-5-9-28-15/h1-3,6-8,17,20H,4-5,9-12H2,(H,22,24)(H,26,27)/t17-,20-/m1/s1. The Morgan fingerprint density at radius 2 is 2.07 bits per heavy atom. The fourth-order valence-corrected chi connectivity index (χ4v) is 5.11. The second-order valence-corrected chi connectivity index (χ2v) is 8.32. The van der Waals surface area contributed by atoms with Gasteiger partial charge in [-0.2, -0.15) is 0 Å². The highest BCUT2D eigenvalue weighted by atomic mass is 32.2. The first-order chi connectivity index (χ1) is 14.0. The van der Waals surface area contributed by atoms with Crippen LogP contribution in [-0.2, 0) is 25.5 Å². The molecule has 2 atom stereocenters. The normalized spacial score (nSPS) is 23.5. The number of rotatable bonds is 6. The van der Waals surface area contributed by atoms with Crippen LogP contribution in [0.5, 0.6) is 0 Å². The first kappa shape index (κ1) is 19.6. The van der Waals surface area contributed by atoms with Gasteiger partial charge in [0.25, 0.3) is 5.91 Å². The maximum atomic E-state index is 12.7. The highest BCUT2D eigenvalue weighted by Crippen LogP contribution is 2.42. The van der Waals surface area contributed by atoms with Gasteiger partial charge in [-0.3, -0.25) is 14.5 Å². The van der Waals surface area contributed by atoms with Crippen LogP contribution in [0.25, 0.3) is 0 Å². The summed E-state index contributed by atoms with van der Waals surface area (Å²) < 4.78 is 5.61. The van der Waals surface area contributed by atoms with Gasteiger partial charge in [0.05, 0.1) is 18.8 Å². The molecule has 3 aliphatic heterocycles. The number of nitrogens with one attached hydrogen (secondary N) is 1. The number of thioether (sulfide) groups is 1. The summed E-state index contributed by atoms with van der Waals surface area (Å²) in [6.45, 7) is 0.634. The Labute approximate surface area is 172 Å². The van der Waals surface area contributed by atoms with E-state index in [2.05, 4.69) is 5.32 Å². The highest BCUT2D eigenvalue weighted by molar-refractivity contribution is 8.00. The zero-order valence-corrected chi connectivity index (χ0v) is 16.6. The molecular formula is C21H22N2O5S. The van der Waals surface area contributed by atoms with E-state index in [-0.39, 0.29) is 23.9 Å². The van der Waals surface area contributed by atoms with Crippen LogP contribution in [0.4, 0.5) is 0 Å². The molecule has 4 rings (SSSR count). The van der Waals surface area contributed by atoms with Crippen LogP contribution in [0.1, 0.15) is 24.8 Å². The van der Waals surface area contributed by atoms with Gasteiger partial charge in [0, 0.05) is 12.2 Å². The molecule has 1 fully saturated rings. The summed E-state index contributed by atoms with van der Waals surface area (Å²) in [5.41, 5.74) is 1.57. The van der Waals surface area contributed by atoms with Crippen molar-refractivity contribution in [2.75, 3.05) is 12.4 Å². The van der Waals surface area contributed by atoms with E-state index in [1.54, 1.807) is 0 Å². The third-order valence-electron chi connectivity index (χ3n) is 5.17. The van der Waals surface area contributed by atoms with Crippen LogP contribution >= 0.6 is 11.8 Å². The van der Waals surface area contributed by atoms with Gasteiger partial charge < -0.3 is 15.2 Å². The number of nitrogens with zero attached hydrogens (tertiary/aromatic N) is 1. The number of ether oxygens (including phenoxy) is 1. The maximum absolute atomic E-state index is 12.7. The van der Waals surface area contributed by atoms with Crippen LogP contribution in [0.15, 0.2) is 53.4 Å². The lowest BCUT2D eigenvalue weighted by molar-refractivity contribution is -0.150. The molecule has 7 nitrogen and oxygen atoms in total. The van der Waals surface area contributed by atoms with E-state index in [4.69, 9.17) is 4.74 Å². The number of hydrogen-bond donors (Lipinski definition) is 2. The number of amides is 2. The average Bonchev–Trinajstić information content (AvgIpc) is 2.73.